The molecule has 0 aliphatic rings. The van der Waals surface area contributed by atoms with Crippen molar-refractivity contribution < 1.29 is 14.3 Å². The summed E-state index contributed by atoms with van der Waals surface area (Å²) in [5.74, 6) is 0.595. The summed E-state index contributed by atoms with van der Waals surface area (Å²) in [6.07, 6.45) is 0. The van der Waals surface area contributed by atoms with Crippen LogP contribution in [0.15, 0.2) is 29.4 Å². The molecule has 0 aliphatic heterocycles. The first-order valence-corrected chi connectivity index (χ1v) is 4.14. The second-order valence-corrected chi connectivity index (χ2v) is 2.56. The molecule has 0 amide bonds. The first-order chi connectivity index (χ1) is 7.36. The molecular formula is C9H9N3O3. The van der Waals surface area contributed by atoms with E-state index in [1.807, 2.05) is 0 Å². The van der Waals surface area contributed by atoms with E-state index in [9.17, 15) is 4.79 Å². The second kappa shape index (κ2) is 6.28. The molecule has 0 fully saturated rings. The van der Waals surface area contributed by atoms with Crippen LogP contribution < -0.4 is 4.74 Å². The highest BCUT2D eigenvalue weighted by atomic mass is 16.5. The molecule has 6 nitrogen and oxygen atoms in total. The Kier molecular flexibility index (Phi) is 4.56. The quantitative estimate of drug-likeness (QED) is 0.309. The van der Waals surface area contributed by atoms with Crippen LogP contribution in [0.25, 0.3) is 10.4 Å². The molecule has 0 heterocycles. The van der Waals surface area contributed by atoms with Gasteiger partial charge in [-0.05, 0) is 23.2 Å². The number of carbonyl (C=O) groups excluding carboxylic acids is 1. The number of nitrogens with zero attached hydrogens (tertiary/aromatic N) is 3. The fourth-order valence-electron chi connectivity index (χ4n) is 0.941. The molecule has 0 atom stereocenters. The van der Waals surface area contributed by atoms with Gasteiger partial charge in [-0.1, -0.05) is 17.2 Å². The van der Waals surface area contributed by atoms with Crippen LogP contribution in [-0.2, 0) is 16.1 Å². The standard InChI is InChI=1S/C9H9N3O3/c10-12-11-6-15-9-3-1-8(2-4-9)5-14-7-13/h1-4,7H,5-6H2. The van der Waals surface area contributed by atoms with Crippen LogP contribution in [0.1, 0.15) is 5.56 Å². The van der Waals surface area contributed by atoms with E-state index in [1.165, 1.54) is 0 Å². The minimum Gasteiger partial charge on any atom is -0.488 e. The summed E-state index contributed by atoms with van der Waals surface area (Å²) in [5, 5.41) is 3.23. The van der Waals surface area contributed by atoms with Crippen molar-refractivity contribution in [3.63, 3.8) is 0 Å². The van der Waals surface area contributed by atoms with E-state index in [2.05, 4.69) is 14.8 Å². The van der Waals surface area contributed by atoms with Crippen LogP contribution in [0.4, 0.5) is 0 Å². The van der Waals surface area contributed by atoms with E-state index in [1.54, 1.807) is 24.3 Å². The van der Waals surface area contributed by atoms with E-state index >= 15 is 0 Å². The van der Waals surface area contributed by atoms with Crippen LogP contribution in [0.3, 0.4) is 0 Å². The summed E-state index contributed by atoms with van der Waals surface area (Å²) < 4.78 is 9.65. The molecule has 1 aromatic rings. The van der Waals surface area contributed by atoms with Gasteiger partial charge in [0.1, 0.15) is 12.4 Å². The lowest BCUT2D eigenvalue weighted by molar-refractivity contribution is -0.129. The van der Waals surface area contributed by atoms with Crippen molar-refractivity contribution in [1.29, 1.82) is 0 Å². The predicted molar refractivity (Wildman–Crippen MR) is 51.9 cm³/mol. The third-order valence-electron chi connectivity index (χ3n) is 1.59. The van der Waals surface area contributed by atoms with Gasteiger partial charge in [-0.15, -0.1) is 0 Å². The Labute approximate surface area is 86.0 Å². The molecular weight excluding hydrogens is 198 g/mol. The lowest BCUT2D eigenvalue weighted by Crippen LogP contribution is -1.93. The maximum atomic E-state index is 9.93. The molecule has 0 saturated heterocycles. The summed E-state index contributed by atoms with van der Waals surface area (Å²) >= 11 is 0. The Morgan fingerprint density at radius 2 is 2.13 bits per heavy atom. The van der Waals surface area contributed by atoms with Crippen molar-refractivity contribution in [2.24, 2.45) is 5.11 Å². The lowest BCUT2D eigenvalue weighted by atomic mass is 10.2. The molecule has 0 spiro atoms. The molecule has 1 aromatic carbocycles. The molecule has 0 aromatic heterocycles. The molecule has 0 aliphatic carbocycles. The van der Waals surface area contributed by atoms with E-state index in [4.69, 9.17) is 10.3 Å². The fourth-order valence-corrected chi connectivity index (χ4v) is 0.941. The van der Waals surface area contributed by atoms with Crippen molar-refractivity contribution in [3.8, 4) is 5.75 Å². The average Bonchev–Trinajstić information content (AvgIpc) is 2.28. The van der Waals surface area contributed by atoms with E-state index in [0.29, 0.717) is 12.2 Å². The average molecular weight is 207 g/mol. The summed E-state index contributed by atoms with van der Waals surface area (Å²) in [7, 11) is 0. The van der Waals surface area contributed by atoms with E-state index in [0.717, 1.165) is 5.56 Å². The van der Waals surface area contributed by atoms with Gasteiger partial charge in [0, 0.05) is 4.91 Å². The normalized spacial score (nSPS) is 8.80. The number of ether oxygens (including phenoxy) is 2. The van der Waals surface area contributed by atoms with Gasteiger partial charge in [0.25, 0.3) is 6.47 Å². The number of carbonyl (C=O) groups is 1. The molecule has 78 valence electrons. The van der Waals surface area contributed by atoms with Gasteiger partial charge >= 0.3 is 0 Å². The number of benzene rings is 1. The molecule has 0 N–H and O–H groups in total. The zero-order chi connectivity index (χ0) is 10.9. The molecule has 15 heavy (non-hydrogen) atoms. The molecule has 0 radical (unpaired) electrons. The maximum absolute atomic E-state index is 9.93. The highest BCUT2D eigenvalue weighted by molar-refractivity contribution is 5.37. The van der Waals surface area contributed by atoms with Gasteiger partial charge in [-0.25, -0.2) is 0 Å². The SMILES string of the molecule is [N-]=[N+]=NCOc1ccc(COC=O)cc1. The van der Waals surface area contributed by atoms with Crippen molar-refractivity contribution in [2.45, 2.75) is 6.61 Å². The fraction of sp³-hybridized carbons (Fsp3) is 0.222. The van der Waals surface area contributed by atoms with Crippen molar-refractivity contribution in [1.82, 2.24) is 0 Å². The molecule has 1 rings (SSSR count). The summed E-state index contributed by atoms with van der Waals surface area (Å²) in [6.45, 7) is 0.590. The first kappa shape index (κ1) is 10.9. The Bertz CT molecular complexity index is 357. The van der Waals surface area contributed by atoms with E-state index in [-0.39, 0.29) is 13.3 Å². The third-order valence-corrected chi connectivity index (χ3v) is 1.59. The Morgan fingerprint density at radius 3 is 2.73 bits per heavy atom. The van der Waals surface area contributed by atoms with Gasteiger partial charge < -0.3 is 9.47 Å². The minimum atomic E-state index is -0.0410. The highest BCUT2D eigenvalue weighted by Crippen LogP contribution is 2.12. The van der Waals surface area contributed by atoms with Crippen molar-refractivity contribution >= 4 is 6.47 Å². The summed E-state index contributed by atoms with van der Waals surface area (Å²) in [5.41, 5.74) is 8.87. The first-order valence-electron chi connectivity index (χ1n) is 4.14. The molecule has 0 bridgehead atoms. The predicted octanol–water partition coefficient (Wildman–Crippen LogP) is 2.01. The smallest absolute Gasteiger partial charge is 0.293 e. The van der Waals surface area contributed by atoms with Crippen LogP contribution in [0.5, 0.6) is 5.75 Å². The van der Waals surface area contributed by atoms with Crippen molar-refractivity contribution in [3.05, 3.63) is 40.3 Å². The van der Waals surface area contributed by atoms with Crippen molar-refractivity contribution in [2.75, 3.05) is 6.73 Å². The van der Waals surface area contributed by atoms with Crippen LogP contribution >= 0.6 is 0 Å². The summed E-state index contributed by atoms with van der Waals surface area (Å²) in [4.78, 5) is 12.5. The maximum Gasteiger partial charge on any atom is 0.293 e. The second-order valence-electron chi connectivity index (χ2n) is 2.56. The highest BCUT2D eigenvalue weighted by Gasteiger charge is 1.94. The Morgan fingerprint density at radius 1 is 1.40 bits per heavy atom. The van der Waals surface area contributed by atoms with Gasteiger partial charge in [0.2, 0.25) is 0 Å². The van der Waals surface area contributed by atoms with Gasteiger partial charge in [-0.3, -0.25) is 4.79 Å². The third kappa shape index (κ3) is 4.02. The largest absolute Gasteiger partial charge is 0.488 e. The minimum absolute atomic E-state index is 0.0410. The monoisotopic (exact) mass is 207 g/mol. The topological polar surface area (TPSA) is 84.3 Å². The van der Waals surface area contributed by atoms with E-state index < -0.39 is 0 Å². The van der Waals surface area contributed by atoms with Crippen LogP contribution in [0, 0.1) is 0 Å². The molecule has 0 unspecified atom stereocenters. The molecule has 6 heteroatoms. The number of hydrogen-bond acceptors (Lipinski definition) is 4. The van der Waals surface area contributed by atoms with Crippen LogP contribution in [0.2, 0.25) is 0 Å². The Balaban J connectivity index is 2.48. The van der Waals surface area contributed by atoms with Gasteiger partial charge in [0.05, 0.1) is 0 Å². The zero-order valence-corrected chi connectivity index (χ0v) is 7.87. The number of rotatable bonds is 6. The number of azide groups is 1. The Hall–Kier alpha value is -2.20. The van der Waals surface area contributed by atoms with Gasteiger partial charge in [0.15, 0.2) is 6.73 Å². The van der Waals surface area contributed by atoms with Gasteiger partial charge in [-0.2, -0.15) is 0 Å². The molecule has 0 saturated carbocycles. The summed E-state index contributed by atoms with van der Waals surface area (Å²) in [6, 6.07) is 6.93. The zero-order valence-electron chi connectivity index (χ0n) is 7.87. The number of hydrogen-bond donors (Lipinski definition) is 0. The lowest BCUT2D eigenvalue weighted by Gasteiger charge is -2.03. The van der Waals surface area contributed by atoms with Crippen LogP contribution in [-0.4, -0.2) is 13.2 Å².